The Morgan fingerprint density at radius 2 is 2.05 bits per heavy atom. The standard InChI is InChI=1S/C14H8N3OS/c1-3-15-5-8-7-17-12-10-2-4-16-6-11(10)19-14(12)18-13(17)9(1)8/h1-6H,7H2/q+1. The van der Waals surface area contributed by atoms with Crippen LogP contribution in [0.3, 0.4) is 0 Å². The molecule has 4 nitrogen and oxygen atoms in total. The topological polar surface area (TPSA) is 42.8 Å². The molecule has 0 amide bonds. The minimum Gasteiger partial charge on any atom is -0.386 e. The first-order valence-corrected chi connectivity index (χ1v) is 6.85. The molecule has 0 aromatic carbocycles. The first-order valence-electron chi connectivity index (χ1n) is 6.04. The molecule has 90 valence electrons. The third-order valence-corrected chi connectivity index (χ3v) is 4.61. The van der Waals surface area contributed by atoms with Crippen LogP contribution >= 0.6 is 11.3 Å². The summed E-state index contributed by atoms with van der Waals surface area (Å²) in [4.78, 5) is 9.33. The van der Waals surface area contributed by atoms with Gasteiger partial charge in [0.15, 0.2) is 6.54 Å². The van der Waals surface area contributed by atoms with Crippen molar-refractivity contribution in [2.45, 2.75) is 6.54 Å². The van der Waals surface area contributed by atoms with E-state index in [0.29, 0.717) is 0 Å². The van der Waals surface area contributed by atoms with E-state index in [4.69, 9.17) is 4.42 Å². The van der Waals surface area contributed by atoms with Gasteiger partial charge in [-0.3, -0.25) is 9.97 Å². The zero-order valence-corrected chi connectivity index (χ0v) is 10.6. The Labute approximate surface area is 112 Å². The van der Waals surface area contributed by atoms with E-state index < -0.39 is 0 Å². The van der Waals surface area contributed by atoms with Crippen molar-refractivity contribution in [2.75, 3.05) is 0 Å². The summed E-state index contributed by atoms with van der Waals surface area (Å²) in [6.07, 6.45) is 7.46. The van der Waals surface area contributed by atoms with Crippen molar-refractivity contribution in [3.63, 3.8) is 0 Å². The Bertz CT molecular complexity index is 954. The van der Waals surface area contributed by atoms with E-state index in [2.05, 4.69) is 20.6 Å². The van der Waals surface area contributed by atoms with E-state index in [-0.39, 0.29) is 0 Å². The van der Waals surface area contributed by atoms with Gasteiger partial charge in [-0.25, -0.2) is 0 Å². The zero-order chi connectivity index (χ0) is 12.4. The monoisotopic (exact) mass is 266 g/mol. The Balaban J connectivity index is 1.94. The van der Waals surface area contributed by atoms with Crippen LogP contribution in [0.15, 0.2) is 41.3 Å². The minimum atomic E-state index is 0.833. The molecule has 0 spiro atoms. The lowest BCUT2D eigenvalue weighted by molar-refractivity contribution is -0.648. The van der Waals surface area contributed by atoms with Crippen molar-refractivity contribution in [3.05, 3.63) is 42.5 Å². The molecule has 5 heteroatoms. The molecule has 5 rings (SSSR count). The van der Waals surface area contributed by atoms with Crippen molar-refractivity contribution >= 4 is 31.8 Å². The second kappa shape index (κ2) is 3.19. The minimum absolute atomic E-state index is 0.833. The molecule has 0 radical (unpaired) electrons. The summed E-state index contributed by atoms with van der Waals surface area (Å²) in [5, 5.41) is 1.21. The van der Waals surface area contributed by atoms with Crippen LogP contribution in [-0.4, -0.2) is 9.97 Å². The van der Waals surface area contributed by atoms with Crippen molar-refractivity contribution < 1.29 is 8.98 Å². The fraction of sp³-hybridized carbons (Fsp3) is 0.0714. The second-order valence-corrected chi connectivity index (χ2v) is 5.65. The first kappa shape index (κ1) is 9.63. The molecule has 0 saturated carbocycles. The smallest absolute Gasteiger partial charge is 0.383 e. The molecule has 0 aliphatic carbocycles. The number of fused-ring (bicyclic) bond motifs is 7. The van der Waals surface area contributed by atoms with Crippen molar-refractivity contribution in [1.29, 1.82) is 0 Å². The molecule has 0 bridgehead atoms. The third-order valence-electron chi connectivity index (χ3n) is 3.60. The quantitative estimate of drug-likeness (QED) is 0.405. The summed E-state index contributed by atoms with van der Waals surface area (Å²) in [6.45, 7) is 0.833. The van der Waals surface area contributed by atoms with Gasteiger partial charge < -0.3 is 4.42 Å². The Morgan fingerprint density at radius 3 is 3.05 bits per heavy atom. The lowest BCUT2D eigenvalue weighted by Gasteiger charge is -1.88. The molecule has 0 fully saturated rings. The highest BCUT2D eigenvalue weighted by Gasteiger charge is 2.35. The Kier molecular flexibility index (Phi) is 1.62. The summed E-state index contributed by atoms with van der Waals surface area (Å²) in [7, 11) is 0. The molecule has 0 N–H and O–H groups in total. The van der Waals surface area contributed by atoms with Crippen LogP contribution in [0.4, 0.5) is 0 Å². The molecule has 1 aliphatic rings. The van der Waals surface area contributed by atoms with Crippen LogP contribution in [0.1, 0.15) is 5.56 Å². The molecule has 19 heavy (non-hydrogen) atoms. The average Bonchev–Trinajstić information content (AvgIpc) is 3.05. The van der Waals surface area contributed by atoms with Gasteiger partial charge >= 0.3 is 5.89 Å². The molecule has 5 heterocycles. The Hall–Kier alpha value is -2.27. The van der Waals surface area contributed by atoms with Crippen LogP contribution in [0, 0.1) is 0 Å². The molecule has 1 aliphatic heterocycles. The summed E-state index contributed by atoms with van der Waals surface area (Å²) < 4.78 is 9.45. The van der Waals surface area contributed by atoms with Crippen molar-refractivity contribution in [3.8, 4) is 11.5 Å². The van der Waals surface area contributed by atoms with Crippen LogP contribution in [0.2, 0.25) is 0 Å². The zero-order valence-electron chi connectivity index (χ0n) is 9.83. The van der Waals surface area contributed by atoms with Gasteiger partial charge in [-0.1, -0.05) is 11.3 Å². The maximum Gasteiger partial charge on any atom is 0.383 e. The second-order valence-electron chi connectivity index (χ2n) is 4.64. The van der Waals surface area contributed by atoms with E-state index in [1.165, 1.54) is 21.2 Å². The third kappa shape index (κ3) is 1.11. The van der Waals surface area contributed by atoms with E-state index in [0.717, 1.165) is 22.9 Å². The van der Waals surface area contributed by atoms with Crippen molar-refractivity contribution in [2.24, 2.45) is 0 Å². The maximum atomic E-state index is 6.05. The number of nitrogens with zero attached hydrogens (tertiary/aromatic N) is 3. The largest absolute Gasteiger partial charge is 0.386 e. The molecule has 0 saturated heterocycles. The lowest BCUT2D eigenvalue weighted by Crippen LogP contribution is -2.30. The lowest BCUT2D eigenvalue weighted by atomic mass is 10.2. The fourth-order valence-corrected chi connectivity index (χ4v) is 3.79. The Morgan fingerprint density at radius 1 is 1.16 bits per heavy atom. The number of rotatable bonds is 0. The summed E-state index contributed by atoms with van der Waals surface area (Å²) >= 11 is 1.65. The summed E-state index contributed by atoms with van der Waals surface area (Å²) in [6, 6.07) is 4.07. The van der Waals surface area contributed by atoms with Gasteiger partial charge in [0.25, 0.3) is 10.4 Å². The van der Waals surface area contributed by atoms with E-state index in [9.17, 15) is 0 Å². The number of oxazole rings is 1. The number of thiophene rings is 1. The van der Waals surface area contributed by atoms with Gasteiger partial charge in [-0.05, 0) is 12.1 Å². The number of hydrogen-bond donors (Lipinski definition) is 0. The van der Waals surface area contributed by atoms with Crippen LogP contribution in [0.25, 0.3) is 32.0 Å². The van der Waals surface area contributed by atoms with Gasteiger partial charge in [0.05, 0.1) is 21.2 Å². The number of pyridine rings is 2. The van der Waals surface area contributed by atoms with Gasteiger partial charge in [-0.2, -0.15) is 4.57 Å². The van der Waals surface area contributed by atoms with Gasteiger partial charge in [0.1, 0.15) is 0 Å². The predicted molar refractivity (Wildman–Crippen MR) is 71.9 cm³/mol. The fourth-order valence-electron chi connectivity index (χ4n) is 2.77. The van der Waals surface area contributed by atoms with Crippen LogP contribution in [0.5, 0.6) is 0 Å². The number of aromatic nitrogens is 3. The highest BCUT2D eigenvalue weighted by Crippen LogP contribution is 2.37. The van der Waals surface area contributed by atoms with Crippen LogP contribution < -0.4 is 4.57 Å². The molecular weight excluding hydrogens is 258 g/mol. The molecular formula is C14H8N3OS+. The van der Waals surface area contributed by atoms with Gasteiger partial charge in [0, 0.05) is 24.8 Å². The normalized spacial score (nSPS) is 13.1. The number of hydrogen-bond acceptors (Lipinski definition) is 4. The average molecular weight is 266 g/mol. The van der Waals surface area contributed by atoms with Crippen LogP contribution in [-0.2, 0) is 6.54 Å². The van der Waals surface area contributed by atoms with E-state index in [1.54, 1.807) is 11.3 Å². The van der Waals surface area contributed by atoms with E-state index >= 15 is 0 Å². The predicted octanol–water partition coefficient (Wildman–Crippen LogP) is 2.75. The van der Waals surface area contributed by atoms with E-state index in [1.807, 2.05) is 30.9 Å². The highest BCUT2D eigenvalue weighted by molar-refractivity contribution is 7.25. The summed E-state index contributed by atoms with van der Waals surface area (Å²) in [5.74, 6) is 0.942. The highest BCUT2D eigenvalue weighted by atomic mass is 32.1. The molecule has 4 aromatic rings. The molecule has 0 unspecified atom stereocenters. The van der Waals surface area contributed by atoms with Gasteiger partial charge in [0.2, 0.25) is 0 Å². The molecule has 4 aromatic heterocycles. The molecule has 0 atom stereocenters. The SMILES string of the molecule is c1cc2c(cn1)C[n+]1c-2oc2sc3cnccc3c21. The van der Waals surface area contributed by atoms with Gasteiger partial charge in [-0.15, -0.1) is 0 Å². The van der Waals surface area contributed by atoms with Crippen molar-refractivity contribution in [1.82, 2.24) is 9.97 Å². The first-order chi connectivity index (χ1) is 9.42. The maximum absolute atomic E-state index is 6.05. The summed E-state index contributed by atoms with van der Waals surface area (Å²) in [5.41, 5.74) is 3.55.